The highest BCUT2D eigenvalue weighted by Crippen LogP contribution is 2.43. The normalized spacial score (nSPS) is 28.0. The largest absolute Gasteiger partial charge is 0.414 e. The summed E-state index contributed by atoms with van der Waals surface area (Å²) in [4.78, 5) is 22.9. The molecule has 0 aliphatic carbocycles. The van der Waals surface area contributed by atoms with Crippen LogP contribution in [0, 0.1) is 19.3 Å². The van der Waals surface area contributed by atoms with Gasteiger partial charge in [0.05, 0.1) is 12.9 Å². The van der Waals surface area contributed by atoms with Crippen LogP contribution in [0.5, 0.6) is 0 Å². The molecule has 2 N–H and O–H groups in total. The zero-order chi connectivity index (χ0) is 21.8. The zero-order valence-corrected chi connectivity index (χ0v) is 18.5. The van der Waals surface area contributed by atoms with E-state index in [1.165, 1.54) is 10.9 Å². The molecular formula is C19H27FN4O4Si. The summed E-state index contributed by atoms with van der Waals surface area (Å²) in [5, 5.41) is 10.6. The van der Waals surface area contributed by atoms with Crippen LogP contribution in [-0.2, 0) is 9.16 Å². The van der Waals surface area contributed by atoms with E-state index in [0.29, 0.717) is 5.82 Å². The fourth-order valence-electron chi connectivity index (χ4n) is 3.03. The van der Waals surface area contributed by atoms with Crippen LogP contribution in [0.3, 0.4) is 0 Å². The van der Waals surface area contributed by atoms with E-state index in [1.807, 2.05) is 5.92 Å². The third-order valence-corrected chi connectivity index (χ3v) is 10.4. The maximum absolute atomic E-state index is 15.7. The predicted molar refractivity (Wildman–Crippen MR) is 109 cm³/mol. The van der Waals surface area contributed by atoms with Crippen LogP contribution in [0.1, 0.15) is 32.8 Å². The summed E-state index contributed by atoms with van der Waals surface area (Å²) < 4.78 is 28.9. The minimum atomic E-state index is -2.53. The van der Waals surface area contributed by atoms with E-state index in [2.05, 4.69) is 48.8 Å². The van der Waals surface area contributed by atoms with Gasteiger partial charge in [0, 0.05) is 0 Å². The number of fused-ring (bicyclic) bond motifs is 1. The Morgan fingerprint density at radius 3 is 2.76 bits per heavy atom. The summed E-state index contributed by atoms with van der Waals surface area (Å²) in [5.41, 5.74) is -2.82. The molecule has 2 aromatic rings. The van der Waals surface area contributed by atoms with Crippen LogP contribution < -0.4 is 5.56 Å². The van der Waals surface area contributed by atoms with Crippen molar-refractivity contribution in [1.82, 2.24) is 19.5 Å². The molecule has 0 unspecified atom stereocenters. The van der Waals surface area contributed by atoms with E-state index >= 15 is 4.39 Å². The van der Waals surface area contributed by atoms with Crippen LogP contribution in [0.2, 0.25) is 18.1 Å². The Morgan fingerprint density at radius 1 is 1.52 bits per heavy atom. The molecule has 1 aliphatic rings. The van der Waals surface area contributed by atoms with E-state index < -0.39 is 38.0 Å². The number of H-pyrrole nitrogens is 1. The number of aliphatic hydroxyl groups excluding tert-OH is 1. The number of aliphatic hydroxyl groups is 1. The first-order valence-corrected chi connectivity index (χ1v) is 12.3. The lowest BCUT2D eigenvalue weighted by Crippen LogP contribution is -2.46. The number of aromatic nitrogens is 4. The molecule has 3 rings (SSSR count). The topological polar surface area (TPSA) is 102 Å². The molecule has 29 heavy (non-hydrogen) atoms. The SMILES string of the molecule is C#C[C@@]1(F)[C@H](O)[C@@H](CO[Si](C)(C)C(C)(C)C)O[C@H]1n1cnc2c(=O)[nH]c(C)nc21. The molecule has 4 atom stereocenters. The number of hydrogen-bond donors (Lipinski definition) is 2. The quantitative estimate of drug-likeness (QED) is 0.578. The minimum absolute atomic E-state index is 0.00117. The molecule has 0 spiro atoms. The van der Waals surface area contributed by atoms with Crippen LogP contribution in [0.25, 0.3) is 11.2 Å². The van der Waals surface area contributed by atoms with Crippen molar-refractivity contribution < 1.29 is 18.7 Å². The molecule has 1 fully saturated rings. The van der Waals surface area contributed by atoms with Crippen LogP contribution >= 0.6 is 0 Å². The number of nitrogens with zero attached hydrogens (tertiary/aromatic N) is 3. The number of terminal acetylenes is 1. The van der Waals surface area contributed by atoms with Gasteiger partial charge in [0.15, 0.2) is 25.7 Å². The lowest BCUT2D eigenvalue weighted by atomic mass is 9.97. The van der Waals surface area contributed by atoms with Crippen molar-refractivity contribution in [3.05, 3.63) is 22.5 Å². The lowest BCUT2D eigenvalue weighted by Gasteiger charge is -2.37. The van der Waals surface area contributed by atoms with Crippen LogP contribution in [-0.4, -0.2) is 57.4 Å². The zero-order valence-electron chi connectivity index (χ0n) is 17.5. The van der Waals surface area contributed by atoms with E-state index in [4.69, 9.17) is 15.6 Å². The first-order chi connectivity index (χ1) is 13.3. The number of ether oxygens (including phenoxy) is 1. The maximum Gasteiger partial charge on any atom is 0.279 e. The van der Waals surface area contributed by atoms with Crippen LogP contribution in [0.15, 0.2) is 11.1 Å². The Kier molecular flexibility index (Phi) is 5.24. The van der Waals surface area contributed by atoms with Gasteiger partial charge < -0.3 is 19.3 Å². The van der Waals surface area contributed by atoms with Crippen molar-refractivity contribution >= 4 is 19.5 Å². The predicted octanol–water partition coefficient (Wildman–Crippen LogP) is 2.05. The van der Waals surface area contributed by atoms with E-state index in [-0.39, 0.29) is 22.8 Å². The van der Waals surface area contributed by atoms with Gasteiger partial charge in [0.1, 0.15) is 18.0 Å². The van der Waals surface area contributed by atoms with Crippen molar-refractivity contribution in [1.29, 1.82) is 0 Å². The third-order valence-electron chi connectivity index (χ3n) is 5.88. The minimum Gasteiger partial charge on any atom is -0.414 e. The van der Waals surface area contributed by atoms with Crippen molar-refractivity contribution in [3.63, 3.8) is 0 Å². The Balaban J connectivity index is 1.95. The van der Waals surface area contributed by atoms with Crippen molar-refractivity contribution in [3.8, 4) is 12.3 Å². The monoisotopic (exact) mass is 422 g/mol. The van der Waals surface area contributed by atoms with Gasteiger partial charge in [-0.05, 0) is 25.1 Å². The molecular weight excluding hydrogens is 395 g/mol. The second-order valence-electron chi connectivity index (χ2n) is 8.93. The Labute approximate surface area is 169 Å². The number of rotatable bonds is 4. The summed E-state index contributed by atoms with van der Waals surface area (Å²) in [5.74, 6) is 2.37. The molecule has 158 valence electrons. The Morgan fingerprint density at radius 2 is 2.17 bits per heavy atom. The average Bonchev–Trinajstić information content (AvgIpc) is 3.13. The summed E-state index contributed by atoms with van der Waals surface area (Å²) in [7, 11) is -2.15. The van der Waals surface area contributed by atoms with Gasteiger partial charge >= 0.3 is 0 Å². The highest BCUT2D eigenvalue weighted by atomic mass is 28.4. The number of aryl methyl sites for hydroxylation is 1. The third kappa shape index (κ3) is 3.52. The number of halogens is 1. The van der Waals surface area contributed by atoms with Gasteiger partial charge in [0.2, 0.25) is 5.67 Å². The first kappa shape index (κ1) is 21.6. The fraction of sp³-hybridized carbons (Fsp3) is 0.632. The number of aromatic amines is 1. The van der Waals surface area contributed by atoms with Gasteiger partial charge in [-0.2, -0.15) is 0 Å². The number of nitrogens with one attached hydrogen (secondary N) is 1. The molecule has 10 heteroatoms. The molecule has 2 aromatic heterocycles. The van der Waals surface area contributed by atoms with Gasteiger partial charge in [-0.15, -0.1) is 6.42 Å². The van der Waals surface area contributed by atoms with Gasteiger partial charge in [0.25, 0.3) is 5.56 Å². The molecule has 1 aliphatic heterocycles. The average molecular weight is 423 g/mol. The summed E-state index contributed by atoms with van der Waals surface area (Å²) in [6.07, 6.45) is 2.72. The molecule has 0 amide bonds. The number of imidazole rings is 1. The highest BCUT2D eigenvalue weighted by molar-refractivity contribution is 6.74. The van der Waals surface area contributed by atoms with Gasteiger partial charge in [-0.25, -0.2) is 14.4 Å². The molecule has 8 nitrogen and oxygen atoms in total. The van der Waals surface area contributed by atoms with Crippen LogP contribution in [0.4, 0.5) is 4.39 Å². The summed E-state index contributed by atoms with van der Waals surface area (Å²) in [6, 6.07) is 0. The standard InChI is InChI=1S/C19H27FN4O4Si/c1-8-19(20)14(25)12(9-27-29(6,7)18(3,4)5)28-17(19)24-10-21-13-15(24)22-11(2)23-16(13)26/h1,10,12,14,17,25H,9H2,2-7H3,(H,22,23,26)/t12-,14-,17-,19-/m1/s1. The molecule has 0 bridgehead atoms. The second-order valence-corrected chi connectivity index (χ2v) is 13.7. The molecule has 1 saturated heterocycles. The summed E-state index contributed by atoms with van der Waals surface area (Å²) in [6.45, 7) is 12.0. The molecule has 0 radical (unpaired) electrons. The second kappa shape index (κ2) is 7.02. The molecule has 0 aromatic carbocycles. The maximum atomic E-state index is 15.7. The van der Waals surface area contributed by atoms with E-state index in [0.717, 1.165) is 0 Å². The first-order valence-electron chi connectivity index (χ1n) is 9.39. The van der Waals surface area contributed by atoms with Crippen molar-refractivity contribution in [2.24, 2.45) is 0 Å². The lowest BCUT2D eigenvalue weighted by molar-refractivity contribution is -0.0483. The van der Waals surface area contributed by atoms with E-state index in [1.54, 1.807) is 6.92 Å². The van der Waals surface area contributed by atoms with Crippen molar-refractivity contribution in [2.75, 3.05) is 6.61 Å². The van der Waals surface area contributed by atoms with E-state index in [9.17, 15) is 9.90 Å². The number of alkyl halides is 1. The van der Waals surface area contributed by atoms with Gasteiger partial charge in [-0.1, -0.05) is 26.7 Å². The number of hydrogen-bond acceptors (Lipinski definition) is 6. The fourth-order valence-corrected chi connectivity index (χ4v) is 4.04. The smallest absolute Gasteiger partial charge is 0.279 e. The Bertz CT molecular complexity index is 1020. The molecule has 3 heterocycles. The molecule has 0 saturated carbocycles. The Hall–Kier alpha value is -2.06. The van der Waals surface area contributed by atoms with Gasteiger partial charge in [-0.3, -0.25) is 9.36 Å². The summed E-state index contributed by atoms with van der Waals surface area (Å²) >= 11 is 0. The highest BCUT2D eigenvalue weighted by Gasteiger charge is 2.58. The van der Waals surface area contributed by atoms with Crippen molar-refractivity contribution in [2.45, 2.75) is 69.9 Å².